The van der Waals surface area contributed by atoms with Gasteiger partial charge in [0.15, 0.2) is 0 Å². The van der Waals surface area contributed by atoms with Gasteiger partial charge in [-0.1, -0.05) is 18.2 Å². The summed E-state index contributed by atoms with van der Waals surface area (Å²) in [5.41, 5.74) is 1.25. The number of nitrogens with zero attached hydrogens (tertiary/aromatic N) is 3. The molecule has 31 heavy (non-hydrogen) atoms. The fourth-order valence-electron chi connectivity index (χ4n) is 3.37. The number of alkyl halides is 3. The van der Waals surface area contributed by atoms with Crippen LogP contribution in [0.5, 0.6) is 0 Å². The summed E-state index contributed by atoms with van der Waals surface area (Å²) in [5.74, 6) is 0. The van der Waals surface area contributed by atoms with E-state index in [9.17, 15) is 21.6 Å². The van der Waals surface area contributed by atoms with Crippen molar-refractivity contribution in [3.05, 3.63) is 48.3 Å². The van der Waals surface area contributed by atoms with Crippen molar-refractivity contribution in [1.82, 2.24) is 4.98 Å². The molecule has 0 amide bonds. The van der Waals surface area contributed by atoms with Gasteiger partial charge in [-0.2, -0.15) is 13.2 Å². The molecule has 3 aromatic rings. The largest absolute Gasteiger partial charge is 0.389 e. The molecule has 3 rings (SSSR count). The lowest BCUT2D eigenvalue weighted by molar-refractivity contribution is -0.135. The smallest absolute Gasteiger partial charge is 0.376 e. The summed E-state index contributed by atoms with van der Waals surface area (Å²) in [6.07, 6.45) is -2.47. The van der Waals surface area contributed by atoms with Gasteiger partial charge in [-0.05, 0) is 42.8 Å². The van der Waals surface area contributed by atoms with E-state index < -0.39 is 22.6 Å². The Bertz CT molecular complexity index is 1160. The molecule has 0 saturated heterocycles. The van der Waals surface area contributed by atoms with E-state index >= 15 is 0 Å². The zero-order valence-corrected chi connectivity index (χ0v) is 19.1. The maximum Gasteiger partial charge on any atom is 0.389 e. The second kappa shape index (κ2) is 9.04. The predicted octanol–water partition coefficient (Wildman–Crippen LogP) is 5.60. The Balaban J connectivity index is 2.06. The molecule has 2 heterocycles. The van der Waals surface area contributed by atoms with Crippen molar-refractivity contribution < 1.29 is 21.6 Å². The standard InChI is InChI=1S/C21H24F3N3O2S2/c1-15-16-8-4-5-9-18(16)30-20(15)27(13-7-6-11-21(22,23)24)31(28,29)19-14-25-12-10-17(19)26(2)3/h4-5,8-10,12,14H,6-7,11,13H2,1-3H3. The molecule has 0 aliphatic carbocycles. The summed E-state index contributed by atoms with van der Waals surface area (Å²) in [5, 5.41) is 1.44. The Kier molecular flexibility index (Phi) is 6.80. The van der Waals surface area contributed by atoms with E-state index in [1.165, 1.54) is 28.0 Å². The molecular formula is C21H24F3N3O2S2. The third-order valence-corrected chi connectivity index (χ3v) is 8.16. The van der Waals surface area contributed by atoms with E-state index in [2.05, 4.69) is 4.98 Å². The van der Waals surface area contributed by atoms with Crippen LogP contribution in [-0.4, -0.2) is 40.2 Å². The number of pyridine rings is 1. The molecule has 10 heteroatoms. The van der Waals surface area contributed by atoms with Crippen molar-refractivity contribution in [1.29, 1.82) is 0 Å². The SMILES string of the molecule is Cc1c(N(CCCCC(F)(F)F)S(=O)(=O)c2cnccc2N(C)C)sc2ccccc12. The van der Waals surface area contributed by atoms with Gasteiger partial charge in [0, 0.05) is 44.2 Å². The predicted molar refractivity (Wildman–Crippen MR) is 120 cm³/mol. The molecule has 0 bridgehead atoms. The summed E-state index contributed by atoms with van der Waals surface area (Å²) in [4.78, 5) is 5.68. The second-order valence-electron chi connectivity index (χ2n) is 7.42. The first-order chi connectivity index (χ1) is 14.5. The van der Waals surface area contributed by atoms with Crippen LogP contribution in [0.2, 0.25) is 0 Å². The third kappa shape index (κ3) is 5.12. The van der Waals surface area contributed by atoms with E-state index in [1.807, 2.05) is 31.2 Å². The number of unbranched alkanes of at least 4 members (excludes halogenated alkanes) is 1. The molecule has 5 nitrogen and oxygen atoms in total. The minimum atomic E-state index is -4.27. The quantitative estimate of drug-likeness (QED) is 0.402. The Labute approximate surface area is 184 Å². The topological polar surface area (TPSA) is 53.5 Å². The highest BCUT2D eigenvalue weighted by atomic mass is 32.2. The average Bonchev–Trinajstić information content (AvgIpc) is 3.03. The van der Waals surface area contributed by atoms with Crippen molar-refractivity contribution in [2.24, 2.45) is 0 Å². The van der Waals surface area contributed by atoms with Crippen LogP contribution in [0.25, 0.3) is 10.1 Å². The highest BCUT2D eigenvalue weighted by Crippen LogP contribution is 2.41. The Morgan fingerprint density at radius 3 is 2.45 bits per heavy atom. The van der Waals surface area contributed by atoms with Gasteiger partial charge >= 0.3 is 6.18 Å². The first kappa shape index (κ1) is 23.3. The zero-order valence-electron chi connectivity index (χ0n) is 17.5. The lowest BCUT2D eigenvalue weighted by atomic mass is 10.2. The lowest BCUT2D eigenvalue weighted by Gasteiger charge is -2.26. The van der Waals surface area contributed by atoms with E-state index in [1.54, 1.807) is 25.1 Å². The van der Waals surface area contributed by atoms with Crippen LogP contribution >= 0.6 is 11.3 Å². The van der Waals surface area contributed by atoms with Gasteiger partial charge in [0.25, 0.3) is 10.0 Å². The number of hydrogen-bond acceptors (Lipinski definition) is 5. The molecule has 168 valence electrons. The molecule has 0 aliphatic heterocycles. The molecular weight excluding hydrogens is 447 g/mol. The van der Waals surface area contributed by atoms with Crippen molar-refractivity contribution >= 4 is 42.1 Å². The Morgan fingerprint density at radius 2 is 1.81 bits per heavy atom. The highest BCUT2D eigenvalue weighted by molar-refractivity contribution is 7.93. The fourth-order valence-corrected chi connectivity index (χ4v) is 6.59. The van der Waals surface area contributed by atoms with Crippen LogP contribution in [0.4, 0.5) is 23.9 Å². The summed E-state index contributed by atoms with van der Waals surface area (Å²) in [6, 6.07) is 9.16. The minimum absolute atomic E-state index is 0.0210. The summed E-state index contributed by atoms with van der Waals surface area (Å²) in [6.45, 7) is 1.79. The maximum absolute atomic E-state index is 13.7. The lowest BCUT2D eigenvalue weighted by Crippen LogP contribution is -2.33. The van der Waals surface area contributed by atoms with Crippen molar-refractivity contribution in [2.75, 3.05) is 29.8 Å². The van der Waals surface area contributed by atoms with Crippen LogP contribution in [0.15, 0.2) is 47.6 Å². The van der Waals surface area contributed by atoms with E-state index in [-0.39, 0.29) is 24.3 Å². The summed E-state index contributed by atoms with van der Waals surface area (Å²) >= 11 is 1.32. The molecule has 0 atom stereocenters. The molecule has 0 spiro atoms. The monoisotopic (exact) mass is 471 g/mol. The van der Waals surface area contributed by atoms with Crippen LogP contribution in [0.1, 0.15) is 24.8 Å². The maximum atomic E-state index is 13.7. The fraction of sp³-hybridized carbons (Fsp3) is 0.381. The van der Waals surface area contributed by atoms with Gasteiger partial charge in [-0.25, -0.2) is 8.42 Å². The highest BCUT2D eigenvalue weighted by Gasteiger charge is 2.32. The number of anilines is 2. The normalized spacial score (nSPS) is 12.3. The van der Waals surface area contributed by atoms with Crippen molar-refractivity contribution in [2.45, 2.75) is 37.3 Å². The molecule has 0 unspecified atom stereocenters. The van der Waals surface area contributed by atoms with E-state index in [0.29, 0.717) is 10.7 Å². The number of benzene rings is 1. The first-order valence-electron chi connectivity index (χ1n) is 9.71. The number of hydrogen-bond donors (Lipinski definition) is 0. The van der Waals surface area contributed by atoms with Crippen LogP contribution in [0.3, 0.4) is 0 Å². The number of halogens is 3. The number of sulfonamides is 1. The van der Waals surface area contributed by atoms with Crippen molar-refractivity contribution in [3.63, 3.8) is 0 Å². The Hall–Kier alpha value is -2.33. The van der Waals surface area contributed by atoms with Crippen LogP contribution in [0, 0.1) is 6.92 Å². The summed E-state index contributed by atoms with van der Waals surface area (Å²) < 4.78 is 67.4. The van der Waals surface area contributed by atoms with Crippen LogP contribution < -0.4 is 9.21 Å². The van der Waals surface area contributed by atoms with Gasteiger partial charge in [0.05, 0.1) is 5.69 Å². The molecule has 0 saturated carbocycles. The number of aromatic nitrogens is 1. The van der Waals surface area contributed by atoms with E-state index in [4.69, 9.17) is 0 Å². The van der Waals surface area contributed by atoms with Crippen LogP contribution in [-0.2, 0) is 10.0 Å². The van der Waals surface area contributed by atoms with Gasteiger partial charge < -0.3 is 4.90 Å². The zero-order chi connectivity index (χ0) is 22.8. The molecule has 0 N–H and O–H groups in total. The molecule has 0 aliphatic rings. The number of thiophene rings is 1. The van der Waals surface area contributed by atoms with Gasteiger partial charge in [0.2, 0.25) is 0 Å². The number of fused-ring (bicyclic) bond motifs is 1. The summed E-state index contributed by atoms with van der Waals surface area (Å²) in [7, 11) is -0.600. The molecule has 2 aromatic heterocycles. The van der Waals surface area contributed by atoms with Gasteiger partial charge in [-0.3, -0.25) is 9.29 Å². The third-order valence-electron chi connectivity index (χ3n) is 4.93. The molecule has 1 aromatic carbocycles. The first-order valence-corrected chi connectivity index (χ1v) is 12.0. The Morgan fingerprint density at radius 1 is 1.10 bits per heavy atom. The minimum Gasteiger partial charge on any atom is -0.376 e. The second-order valence-corrected chi connectivity index (χ2v) is 10.3. The van der Waals surface area contributed by atoms with Gasteiger partial charge in [-0.15, -0.1) is 11.3 Å². The van der Waals surface area contributed by atoms with Crippen molar-refractivity contribution in [3.8, 4) is 0 Å². The van der Waals surface area contributed by atoms with Gasteiger partial charge in [0.1, 0.15) is 9.90 Å². The average molecular weight is 472 g/mol. The molecule has 0 radical (unpaired) electrons. The van der Waals surface area contributed by atoms with E-state index in [0.717, 1.165) is 15.6 Å². The number of aryl methyl sites for hydroxylation is 1. The number of rotatable bonds is 8. The molecule has 0 fully saturated rings.